The predicted octanol–water partition coefficient (Wildman–Crippen LogP) is 2.40. The highest BCUT2D eigenvalue weighted by Gasteiger charge is 2.54. The molecular formula is C13H15BrN2O. The average molecular weight is 295 g/mol. The number of nitrogens with zero attached hydrogens (tertiary/aromatic N) is 1. The second-order valence-electron chi connectivity index (χ2n) is 4.86. The summed E-state index contributed by atoms with van der Waals surface area (Å²) in [7, 11) is 0. The molecule has 1 saturated carbocycles. The lowest BCUT2D eigenvalue weighted by atomic mass is 9.94. The Morgan fingerprint density at radius 3 is 3.18 bits per heavy atom. The van der Waals surface area contributed by atoms with E-state index < -0.39 is 0 Å². The van der Waals surface area contributed by atoms with E-state index in [1.165, 1.54) is 17.5 Å². The van der Waals surface area contributed by atoms with Crippen LogP contribution in [0.15, 0.2) is 16.9 Å². The van der Waals surface area contributed by atoms with Crippen LogP contribution in [-0.2, 0) is 11.2 Å². The van der Waals surface area contributed by atoms with E-state index in [-0.39, 0.29) is 5.91 Å². The van der Waals surface area contributed by atoms with Gasteiger partial charge in [-0.25, -0.2) is 0 Å². The number of fused-ring (bicyclic) bond motifs is 3. The molecule has 3 unspecified atom stereocenters. The van der Waals surface area contributed by atoms with Gasteiger partial charge in [0.2, 0.25) is 5.91 Å². The number of pyridine rings is 1. The fourth-order valence-corrected chi connectivity index (χ4v) is 3.53. The number of halogens is 1. The zero-order valence-corrected chi connectivity index (χ0v) is 11.3. The molecule has 90 valence electrons. The summed E-state index contributed by atoms with van der Waals surface area (Å²) in [6.07, 6.45) is 6.67. The molecule has 3 nitrogen and oxygen atoms in total. The predicted molar refractivity (Wildman–Crippen MR) is 68.7 cm³/mol. The number of nitrogens with one attached hydrogen (secondary N) is 1. The Bertz CT molecular complexity index is 474. The number of amides is 1. The maximum atomic E-state index is 11.4. The number of hydrogen-bond acceptors (Lipinski definition) is 2. The molecule has 0 saturated heterocycles. The van der Waals surface area contributed by atoms with Crippen molar-refractivity contribution in [3.05, 3.63) is 28.0 Å². The quantitative estimate of drug-likeness (QED) is 0.910. The van der Waals surface area contributed by atoms with Gasteiger partial charge in [0.05, 0.1) is 0 Å². The molecule has 2 aliphatic rings. The van der Waals surface area contributed by atoms with Crippen LogP contribution in [0.3, 0.4) is 0 Å². The van der Waals surface area contributed by atoms with E-state index in [0.29, 0.717) is 24.3 Å². The minimum Gasteiger partial charge on any atom is -0.352 e. The lowest BCUT2D eigenvalue weighted by Crippen LogP contribution is -2.26. The first-order chi connectivity index (χ1) is 8.22. The third-order valence-corrected chi connectivity index (χ3v) is 4.63. The number of rotatable bonds is 2. The van der Waals surface area contributed by atoms with Crippen molar-refractivity contribution < 1.29 is 4.79 Å². The van der Waals surface area contributed by atoms with Gasteiger partial charge in [0.15, 0.2) is 0 Å². The summed E-state index contributed by atoms with van der Waals surface area (Å²) in [5.41, 5.74) is 2.71. The molecule has 0 radical (unpaired) electrons. The summed E-state index contributed by atoms with van der Waals surface area (Å²) >= 11 is 3.56. The Hall–Kier alpha value is -0.900. The molecule has 1 aromatic rings. The number of hydrogen-bond donors (Lipinski definition) is 1. The standard InChI is InChI=1S/C13H15BrN2O/c1-2-11(17)16-13-8-4-3-7-9(12(8)13)5-15-6-10(7)14/h5-6,8,12-13H,2-4H2,1H3,(H,16,17). The van der Waals surface area contributed by atoms with E-state index in [1.54, 1.807) is 0 Å². The molecule has 17 heavy (non-hydrogen) atoms. The lowest BCUT2D eigenvalue weighted by Gasteiger charge is -2.14. The number of aromatic nitrogens is 1. The van der Waals surface area contributed by atoms with E-state index >= 15 is 0 Å². The topological polar surface area (TPSA) is 42.0 Å². The highest BCUT2D eigenvalue weighted by molar-refractivity contribution is 9.10. The summed E-state index contributed by atoms with van der Waals surface area (Å²) < 4.78 is 1.11. The Morgan fingerprint density at radius 2 is 2.41 bits per heavy atom. The summed E-state index contributed by atoms with van der Waals surface area (Å²) in [5.74, 6) is 1.29. The molecular weight excluding hydrogens is 280 g/mol. The molecule has 1 fully saturated rings. The van der Waals surface area contributed by atoms with E-state index in [1.807, 2.05) is 19.3 Å². The van der Waals surface area contributed by atoms with Crippen molar-refractivity contribution in [1.82, 2.24) is 10.3 Å². The van der Waals surface area contributed by atoms with E-state index in [0.717, 1.165) is 10.9 Å². The maximum Gasteiger partial charge on any atom is 0.219 e. The highest BCUT2D eigenvalue weighted by Crippen LogP contribution is 2.55. The van der Waals surface area contributed by atoms with Crippen molar-refractivity contribution in [1.29, 1.82) is 0 Å². The van der Waals surface area contributed by atoms with E-state index in [2.05, 4.69) is 26.2 Å². The van der Waals surface area contributed by atoms with Gasteiger partial charge in [-0.2, -0.15) is 0 Å². The Balaban J connectivity index is 1.84. The van der Waals surface area contributed by atoms with E-state index in [9.17, 15) is 4.79 Å². The van der Waals surface area contributed by atoms with Crippen molar-refractivity contribution in [2.24, 2.45) is 5.92 Å². The molecule has 3 atom stereocenters. The van der Waals surface area contributed by atoms with Gasteiger partial charge in [-0.3, -0.25) is 9.78 Å². The van der Waals surface area contributed by atoms with Gasteiger partial charge >= 0.3 is 0 Å². The molecule has 4 heteroatoms. The molecule has 0 spiro atoms. The minimum absolute atomic E-state index is 0.161. The SMILES string of the molecule is CCC(=O)NC1C2CCc3c(Br)cncc3C21. The van der Waals surface area contributed by atoms with Gasteiger partial charge in [-0.05, 0) is 45.8 Å². The first-order valence-corrected chi connectivity index (χ1v) is 6.93. The van der Waals surface area contributed by atoms with Gasteiger partial charge in [0.25, 0.3) is 0 Å². The molecule has 1 heterocycles. The van der Waals surface area contributed by atoms with Crippen LogP contribution in [0.1, 0.15) is 36.8 Å². The molecule has 0 bridgehead atoms. The monoisotopic (exact) mass is 294 g/mol. The summed E-state index contributed by atoms with van der Waals surface area (Å²) in [6, 6.07) is 0.347. The van der Waals surface area contributed by atoms with Gasteiger partial charge in [-0.1, -0.05) is 6.92 Å². The lowest BCUT2D eigenvalue weighted by molar-refractivity contribution is -0.121. The van der Waals surface area contributed by atoms with Crippen LogP contribution in [0.25, 0.3) is 0 Å². The van der Waals surface area contributed by atoms with Crippen molar-refractivity contribution in [2.45, 2.75) is 38.1 Å². The molecule has 1 N–H and O–H groups in total. The van der Waals surface area contributed by atoms with Gasteiger partial charge in [0.1, 0.15) is 0 Å². The Kier molecular flexibility index (Phi) is 2.69. The van der Waals surface area contributed by atoms with Crippen molar-refractivity contribution in [3.63, 3.8) is 0 Å². The molecule has 1 amide bonds. The minimum atomic E-state index is 0.161. The van der Waals surface area contributed by atoms with Crippen molar-refractivity contribution in [3.8, 4) is 0 Å². The molecule has 0 aliphatic heterocycles. The van der Waals surface area contributed by atoms with Crippen molar-refractivity contribution >= 4 is 21.8 Å². The smallest absolute Gasteiger partial charge is 0.219 e. The first-order valence-electron chi connectivity index (χ1n) is 6.14. The van der Waals surface area contributed by atoms with Crippen LogP contribution >= 0.6 is 15.9 Å². The van der Waals surface area contributed by atoms with Crippen LogP contribution in [0.5, 0.6) is 0 Å². The van der Waals surface area contributed by atoms with E-state index in [4.69, 9.17) is 0 Å². The molecule has 2 aliphatic carbocycles. The second kappa shape index (κ2) is 4.09. The van der Waals surface area contributed by atoms with Crippen molar-refractivity contribution in [2.75, 3.05) is 0 Å². The first kappa shape index (κ1) is 11.2. The maximum absolute atomic E-state index is 11.4. The van der Waals surface area contributed by atoms with Gasteiger partial charge < -0.3 is 5.32 Å². The van der Waals surface area contributed by atoms with Crippen LogP contribution < -0.4 is 5.32 Å². The second-order valence-corrected chi connectivity index (χ2v) is 5.72. The normalized spacial score (nSPS) is 29.2. The number of carbonyl (C=O) groups excluding carboxylic acids is 1. The van der Waals surface area contributed by atoms with Crippen LogP contribution in [0.4, 0.5) is 0 Å². The third-order valence-electron chi connectivity index (χ3n) is 3.94. The largest absolute Gasteiger partial charge is 0.352 e. The summed E-state index contributed by atoms with van der Waals surface area (Å²) in [5, 5.41) is 3.12. The average Bonchev–Trinajstić information content (AvgIpc) is 3.03. The van der Waals surface area contributed by atoms with Crippen LogP contribution in [0, 0.1) is 5.92 Å². The zero-order chi connectivity index (χ0) is 12.0. The highest BCUT2D eigenvalue weighted by atomic mass is 79.9. The molecule has 1 aromatic heterocycles. The third kappa shape index (κ3) is 1.79. The fourth-order valence-electron chi connectivity index (χ4n) is 2.98. The molecule has 3 rings (SSSR count). The Morgan fingerprint density at radius 1 is 1.59 bits per heavy atom. The number of carbonyl (C=O) groups is 1. The summed E-state index contributed by atoms with van der Waals surface area (Å²) in [4.78, 5) is 15.7. The Labute approximate surface area is 109 Å². The summed E-state index contributed by atoms with van der Waals surface area (Å²) in [6.45, 7) is 1.90. The van der Waals surface area contributed by atoms with Gasteiger partial charge in [0, 0.05) is 35.2 Å². The van der Waals surface area contributed by atoms with Gasteiger partial charge in [-0.15, -0.1) is 0 Å². The van der Waals surface area contributed by atoms with Crippen LogP contribution in [0.2, 0.25) is 0 Å². The van der Waals surface area contributed by atoms with Crippen LogP contribution in [-0.4, -0.2) is 16.9 Å². The fraction of sp³-hybridized carbons (Fsp3) is 0.538. The molecule has 0 aromatic carbocycles. The zero-order valence-electron chi connectivity index (χ0n) is 9.74.